The number of pyridine rings is 1. The number of benzene rings is 2. The lowest BCUT2D eigenvalue weighted by Gasteiger charge is -2.34. The van der Waals surface area contributed by atoms with Gasteiger partial charge < -0.3 is 19.9 Å². The lowest BCUT2D eigenvalue weighted by atomic mass is 9.92. The zero-order chi connectivity index (χ0) is 19.5. The van der Waals surface area contributed by atoms with Crippen LogP contribution in [0.5, 0.6) is 5.75 Å². The zero-order valence-corrected chi connectivity index (χ0v) is 16.4. The van der Waals surface area contributed by atoms with E-state index < -0.39 is 0 Å². The Morgan fingerprint density at radius 1 is 1.18 bits per heavy atom. The van der Waals surface area contributed by atoms with Crippen LogP contribution in [-0.2, 0) is 13.6 Å². The van der Waals surface area contributed by atoms with E-state index >= 15 is 0 Å². The van der Waals surface area contributed by atoms with Crippen LogP contribution in [0.25, 0.3) is 10.9 Å². The summed E-state index contributed by atoms with van der Waals surface area (Å²) in [5.41, 5.74) is 3.30. The summed E-state index contributed by atoms with van der Waals surface area (Å²) in [5, 5.41) is 8.39. The van der Waals surface area contributed by atoms with E-state index in [1.807, 2.05) is 19.2 Å². The number of hydrogen-bond acceptors (Lipinski definition) is 4. The summed E-state index contributed by atoms with van der Waals surface area (Å²) in [6.45, 7) is 1.73. The fraction of sp³-hybridized carbons (Fsp3) is 0.348. The minimum atomic E-state index is -0.00259. The second kappa shape index (κ2) is 8.17. The van der Waals surface area contributed by atoms with Crippen LogP contribution in [0, 0.1) is 0 Å². The summed E-state index contributed by atoms with van der Waals surface area (Å²) in [6.07, 6.45) is 2.28. The lowest BCUT2D eigenvalue weighted by molar-refractivity contribution is 0.303. The van der Waals surface area contributed by atoms with Crippen LogP contribution < -0.4 is 20.9 Å². The van der Waals surface area contributed by atoms with Gasteiger partial charge in [0.15, 0.2) is 0 Å². The molecule has 5 heteroatoms. The first-order valence-electron chi connectivity index (χ1n) is 9.86. The topological polar surface area (TPSA) is 55.3 Å². The van der Waals surface area contributed by atoms with Gasteiger partial charge in [-0.2, -0.15) is 0 Å². The molecule has 4 rings (SSSR count). The first-order chi connectivity index (χ1) is 13.7. The molecule has 0 unspecified atom stereocenters. The molecule has 1 aromatic heterocycles. The summed E-state index contributed by atoms with van der Waals surface area (Å²) in [5.74, 6) is 0.846. The van der Waals surface area contributed by atoms with Crippen molar-refractivity contribution < 1.29 is 4.74 Å². The molecule has 0 spiro atoms. The Labute approximate surface area is 165 Å². The molecule has 1 fully saturated rings. The SMILES string of the molecule is COc1cc2ccc(=O)n(C)c2cc1CN[C@H]1CCCN[C@H]1c1ccccc1. The molecule has 2 N–H and O–H groups in total. The van der Waals surface area contributed by atoms with Crippen LogP contribution in [0.4, 0.5) is 0 Å². The third kappa shape index (κ3) is 3.68. The Hall–Kier alpha value is -2.63. The van der Waals surface area contributed by atoms with Gasteiger partial charge in [0.05, 0.1) is 12.6 Å². The maximum absolute atomic E-state index is 12.0. The molecule has 0 bridgehead atoms. The van der Waals surface area contributed by atoms with Gasteiger partial charge in [0.2, 0.25) is 0 Å². The Kier molecular flexibility index (Phi) is 5.46. The van der Waals surface area contributed by atoms with Crippen molar-refractivity contribution in [3.05, 3.63) is 76.1 Å². The monoisotopic (exact) mass is 377 g/mol. The fourth-order valence-electron chi connectivity index (χ4n) is 4.13. The molecule has 2 atom stereocenters. The Balaban J connectivity index is 1.60. The molecular weight excluding hydrogens is 350 g/mol. The maximum Gasteiger partial charge on any atom is 0.250 e. The molecule has 0 amide bonds. The summed E-state index contributed by atoms with van der Waals surface area (Å²) in [7, 11) is 3.51. The van der Waals surface area contributed by atoms with E-state index in [0.717, 1.165) is 41.6 Å². The largest absolute Gasteiger partial charge is 0.496 e. The van der Waals surface area contributed by atoms with Gasteiger partial charge in [-0.15, -0.1) is 0 Å². The molecule has 146 valence electrons. The molecule has 0 saturated carbocycles. The third-order valence-electron chi connectivity index (χ3n) is 5.70. The molecule has 2 aromatic carbocycles. The molecule has 0 aliphatic carbocycles. The van der Waals surface area contributed by atoms with Crippen LogP contribution in [0.1, 0.15) is 30.0 Å². The molecule has 5 nitrogen and oxygen atoms in total. The van der Waals surface area contributed by atoms with E-state index in [4.69, 9.17) is 4.74 Å². The molecule has 1 aliphatic heterocycles. The average molecular weight is 377 g/mol. The smallest absolute Gasteiger partial charge is 0.250 e. The van der Waals surface area contributed by atoms with Crippen LogP contribution >= 0.6 is 0 Å². The van der Waals surface area contributed by atoms with Crippen molar-refractivity contribution in [2.75, 3.05) is 13.7 Å². The Morgan fingerprint density at radius 3 is 2.79 bits per heavy atom. The molecular formula is C23H27N3O2. The first-order valence-corrected chi connectivity index (χ1v) is 9.86. The Bertz CT molecular complexity index is 1010. The third-order valence-corrected chi connectivity index (χ3v) is 5.70. The summed E-state index contributed by atoms with van der Waals surface area (Å²) >= 11 is 0. The number of aryl methyl sites for hydroxylation is 1. The number of ether oxygens (including phenoxy) is 1. The van der Waals surface area contributed by atoms with Crippen LogP contribution in [0.15, 0.2) is 59.4 Å². The van der Waals surface area contributed by atoms with E-state index in [1.165, 1.54) is 5.56 Å². The zero-order valence-electron chi connectivity index (χ0n) is 16.4. The van der Waals surface area contributed by atoms with Gasteiger partial charge >= 0.3 is 0 Å². The predicted molar refractivity (Wildman–Crippen MR) is 113 cm³/mol. The van der Waals surface area contributed by atoms with Gasteiger partial charge in [-0.3, -0.25) is 4.79 Å². The van der Waals surface area contributed by atoms with Gasteiger partial charge in [-0.1, -0.05) is 30.3 Å². The van der Waals surface area contributed by atoms with E-state index in [0.29, 0.717) is 18.6 Å². The van der Waals surface area contributed by atoms with Gasteiger partial charge in [0.25, 0.3) is 5.56 Å². The van der Waals surface area contributed by atoms with E-state index in [9.17, 15) is 4.79 Å². The predicted octanol–water partition coefficient (Wildman–Crippen LogP) is 3.13. The Morgan fingerprint density at radius 2 is 2.00 bits per heavy atom. The van der Waals surface area contributed by atoms with Crippen LogP contribution in [0.3, 0.4) is 0 Å². The lowest BCUT2D eigenvalue weighted by Crippen LogP contribution is -2.45. The van der Waals surface area contributed by atoms with Gasteiger partial charge in [0, 0.05) is 42.7 Å². The second-order valence-electron chi connectivity index (χ2n) is 7.43. The first kappa shape index (κ1) is 18.7. The van der Waals surface area contributed by atoms with Crippen molar-refractivity contribution in [2.45, 2.75) is 31.5 Å². The van der Waals surface area contributed by atoms with Gasteiger partial charge in [-0.05, 0) is 43.1 Å². The van der Waals surface area contributed by atoms with Crippen molar-refractivity contribution in [1.82, 2.24) is 15.2 Å². The van der Waals surface area contributed by atoms with Crippen molar-refractivity contribution in [3.63, 3.8) is 0 Å². The summed E-state index contributed by atoms with van der Waals surface area (Å²) in [6, 6.07) is 18.8. The van der Waals surface area contributed by atoms with E-state index in [-0.39, 0.29) is 5.56 Å². The standard InChI is InChI=1S/C23H27N3O2/c1-26-20-13-18(21(28-2)14-17(20)10-11-22(26)27)15-25-19-9-6-12-24-23(19)16-7-4-3-5-8-16/h3-5,7-8,10-11,13-14,19,23-25H,6,9,12,15H2,1-2H3/t19-,23-/m0/s1. The van der Waals surface area contributed by atoms with Crippen LogP contribution in [-0.4, -0.2) is 24.3 Å². The second-order valence-corrected chi connectivity index (χ2v) is 7.43. The number of rotatable bonds is 5. The molecule has 1 saturated heterocycles. The number of nitrogens with one attached hydrogen (secondary N) is 2. The number of methoxy groups -OCH3 is 1. The summed E-state index contributed by atoms with van der Waals surface area (Å²) in [4.78, 5) is 12.0. The number of aromatic nitrogens is 1. The number of nitrogens with zero attached hydrogens (tertiary/aromatic N) is 1. The minimum Gasteiger partial charge on any atom is -0.496 e. The van der Waals surface area contributed by atoms with Gasteiger partial charge in [-0.25, -0.2) is 0 Å². The number of hydrogen-bond donors (Lipinski definition) is 2. The van der Waals surface area contributed by atoms with Crippen molar-refractivity contribution >= 4 is 10.9 Å². The number of fused-ring (bicyclic) bond motifs is 1. The highest BCUT2D eigenvalue weighted by Gasteiger charge is 2.25. The molecule has 1 aliphatic rings. The molecule has 0 radical (unpaired) electrons. The van der Waals surface area contributed by atoms with Crippen molar-refractivity contribution in [2.24, 2.45) is 7.05 Å². The van der Waals surface area contributed by atoms with E-state index in [1.54, 1.807) is 17.7 Å². The van der Waals surface area contributed by atoms with Crippen LogP contribution in [0.2, 0.25) is 0 Å². The summed E-state index contributed by atoms with van der Waals surface area (Å²) < 4.78 is 7.32. The van der Waals surface area contributed by atoms with Crippen molar-refractivity contribution in [1.29, 1.82) is 0 Å². The molecule has 28 heavy (non-hydrogen) atoms. The van der Waals surface area contributed by atoms with Crippen molar-refractivity contribution in [3.8, 4) is 5.75 Å². The average Bonchev–Trinajstić information content (AvgIpc) is 2.75. The highest BCUT2D eigenvalue weighted by Crippen LogP contribution is 2.27. The fourth-order valence-corrected chi connectivity index (χ4v) is 4.13. The van der Waals surface area contributed by atoms with Gasteiger partial charge in [0.1, 0.15) is 5.75 Å². The highest BCUT2D eigenvalue weighted by molar-refractivity contribution is 5.81. The number of piperidine rings is 1. The molecule has 2 heterocycles. The quantitative estimate of drug-likeness (QED) is 0.717. The normalized spacial score (nSPS) is 19.6. The maximum atomic E-state index is 12.0. The highest BCUT2D eigenvalue weighted by atomic mass is 16.5. The van der Waals surface area contributed by atoms with E-state index in [2.05, 4.69) is 47.0 Å². The molecule has 3 aromatic rings. The minimum absolute atomic E-state index is 0.00259.